The molecular weight excluding hydrogens is 320 g/mol. The van der Waals surface area contributed by atoms with Gasteiger partial charge in [0.25, 0.3) is 0 Å². The summed E-state index contributed by atoms with van der Waals surface area (Å²) in [4.78, 5) is 0. The lowest BCUT2D eigenvalue weighted by molar-refractivity contribution is 0.427. The summed E-state index contributed by atoms with van der Waals surface area (Å²) < 4.78 is 0. The molecule has 0 fully saturated rings. The molecule has 2 nitrogen and oxygen atoms in total. The fourth-order valence-electron chi connectivity index (χ4n) is 3.48. The first kappa shape index (κ1) is 19.8. The minimum absolute atomic E-state index is 0.131. The van der Waals surface area contributed by atoms with Gasteiger partial charge in [-0.2, -0.15) is 0 Å². The maximum absolute atomic E-state index is 10.4. The molecule has 0 aliphatic heterocycles. The van der Waals surface area contributed by atoms with Crippen LogP contribution in [0.25, 0.3) is 0 Å². The van der Waals surface area contributed by atoms with E-state index in [1.54, 1.807) is 6.08 Å². The molecule has 0 aromatic heterocycles. The Hall–Kier alpha value is -2.48. The predicted molar refractivity (Wildman–Crippen MR) is 110 cm³/mol. The zero-order chi connectivity index (χ0) is 18.9. The highest BCUT2D eigenvalue weighted by molar-refractivity contribution is 5.50. The van der Waals surface area contributed by atoms with Crippen molar-refractivity contribution in [1.82, 2.24) is 0 Å². The van der Waals surface area contributed by atoms with Gasteiger partial charge in [0.2, 0.25) is 0 Å². The van der Waals surface area contributed by atoms with Crippen LogP contribution < -0.4 is 0 Å². The molecule has 2 aromatic rings. The second-order valence-electron chi connectivity index (χ2n) is 6.95. The molecule has 1 aliphatic rings. The SMILES string of the molecule is C=CC.CC1=CC(c2c(O)cc(CCc3ccccc3)cc2O)CCC1. The van der Waals surface area contributed by atoms with E-state index >= 15 is 0 Å². The van der Waals surface area contributed by atoms with E-state index in [-0.39, 0.29) is 17.4 Å². The standard InChI is InChI=1S/C21H24O2.C3H6/c1-15-6-5-9-18(12-15)21-19(22)13-17(14-20(21)23)11-10-16-7-3-2-4-8-16;1-3-2/h2-4,7-8,12-14,18,22-23H,5-6,9-11H2,1H3;3H,1H2,2H3. The van der Waals surface area contributed by atoms with Crippen LogP contribution in [0.4, 0.5) is 0 Å². The second-order valence-corrected chi connectivity index (χ2v) is 6.95. The molecule has 0 radical (unpaired) electrons. The summed E-state index contributed by atoms with van der Waals surface area (Å²) in [7, 11) is 0. The third-order valence-electron chi connectivity index (χ3n) is 4.68. The molecule has 0 saturated heterocycles. The summed E-state index contributed by atoms with van der Waals surface area (Å²) in [6, 6.07) is 13.9. The van der Waals surface area contributed by atoms with Crippen LogP contribution in [0.5, 0.6) is 11.5 Å². The van der Waals surface area contributed by atoms with Gasteiger partial charge in [-0.1, -0.05) is 48.1 Å². The Morgan fingerprint density at radius 2 is 1.62 bits per heavy atom. The molecular formula is C24H30O2. The van der Waals surface area contributed by atoms with E-state index in [2.05, 4.69) is 31.7 Å². The molecule has 1 aliphatic carbocycles. The quantitative estimate of drug-likeness (QED) is 0.636. The van der Waals surface area contributed by atoms with Crippen LogP contribution in [-0.4, -0.2) is 10.2 Å². The third-order valence-corrected chi connectivity index (χ3v) is 4.68. The van der Waals surface area contributed by atoms with Crippen molar-refractivity contribution in [3.63, 3.8) is 0 Å². The normalized spacial score (nSPS) is 16.2. The number of allylic oxidation sites excluding steroid dienone is 3. The van der Waals surface area contributed by atoms with E-state index in [1.807, 2.05) is 37.3 Å². The number of hydrogen-bond acceptors (Lipinski definition) is 2. The highest BCUT2D eigenvalue weighted by atomic mass is 16.3. The summed E-state index contributed by atoms with van der Waals surface area (Å²) in [6.07, 6.45) is 8.87. The highest BCUT2D eigenvalue weighted by Crippen LogP contribution is 2.41. The first-order valence-corrected chi connectivity index (χ1v) is 9.38. The smallest absolute Gasteiger partial charge is 0.123 e. The Balaban J connectivity index is 0.000000758. The van der Waals surface area contributed by atoms with E-state index in [1.165, 1.54) is 11.1 Å². The van der Waals surface area contributed by atoms with Gasteiger partial charge in [0, 0.05) is 11.5 Å². The molecule has 0 amide bonds. The fourth-order valence-corrected chi connectivity index (χ4v) is 3.48. The van der Waals surface area contributed by atoms with E-state index in [9.17, 15) is 10.2 Å². The van der Waals surface area contributed by atoms with Crippen LogP contribution >= 0.6 is 0 Å². The van der Waals surface area contributed by atoms with Crippen molar-refractivity contribution < 1.29 is 10.2 Å². The number of aryl methyl sites for hydroxylation is 2. The number of phenols is 2. The number of aromatic hydroxyl groups is 2. The summed E-state index contributed by atoms with van der Waals surface area (Å²) in [5, 5.41) is 20.8. The van der Waals surface area contributed by atoms with Crippen LogP contribution in [0.15, 0.2) is 66.8 Å². The molecule has 0 spiro atoms. The van der Waals surface area contributed by atoms with Crippen molar-refractivity contribution >= 4 is 0 Å². The molecule has 1 unspecified atom stereocenters. The third kappa shape index (κ3) is 5.52. The van der Waals surface area contributed by atoms with E-state index in [4.69, 9.17) is 0 Å². The number of hydrogen-bond donors (Lipinski definition) is 2. The lowest BCUT2D eigenvalue weighted by atomic mass is 9.84. The maximum atomic E-state index is 10.4. The Labute approximate surface area is 157 Å². The average molecular weight is 351 g/mol. The summed E-state index contributed by atoms with van der Waals surface area (Å²) >= 11 is 0. The summed E-state index contributed by atoms with van der Waals surface area (Å²) in [5.74, 6) is 0.583. The van der Waals surface area contributed by atoms with Gasteiger partial charge in [0.15, 0.2) is 0 Å². The largest absolute Gasteiger partial charge is 0.507 e. The minimum Gasteiger partial charge on any atom is -0.507 e. The Bertz CT molecular complexity index is 721. The number of benzene rings is 2. The molecule has 26 heavy (non-hydrogen) atoms. The molecule has 2 heteroatoms. The van der Waals surface area contributed by atoms with Gasteiger partial charge in [-0.05, 0) is 69.2 Å². The maximum Gasteiger partial charge on any atom is 0.123 e. The molecule has 138 valence electrons. The number of phenolic OH excluding ortho intramolecular Hbond substituents is 2. The molecule has 0 heterocycles. The highest BCUT2D eigenvalue weighted by Gasteiger charge is 2.21. The van der Waals surface area contributed by atoms with Crippen LogP contribution in [-0.2, 0) is 12.8 Å². The lowest BCUT2D eigenvalue weighted by Gasteiger charge is -2.22. The van der Waals surface area contributed by atoms with E-state index in [0.717, 1.165) is 37.7 Å². The molecule has 0 bridgehead atoms. The van der Waals surface area contributed by atoms with Crippen LogP contribution in [0.2, 0.25) is 0 Å². The van der Waals surface area contributed by atoms with Crippen molar-refractivity contribution in [2.75, 3.05) is 0 Å². The van der Waals surface area contributed by atoms with Gasteiger partial charge in [-0.15, -0.1) is 6.58 Å². The van der Waals surface area contributed by atoms with Crippen LogP contribution in [0.1, 0.15) is 55.7 Å². The van der Waals surface area contributed by atoms with Crippen LogP contribution in [0, 0.1) is 0 Å². The fraction of sp³-hybridized carbons (Fsp3) is 0.333. The Kier molecular flexibility index (Phi) is 7.53. The topological polar surface area (TPSA) is 40.5 Å². The Morgan fingerprint density at radius 1 is 1.04 bits per heavy atom. The number of rotatable bonds is 4. The lowest BCUT2D eigenvalue weighted by Crippen LogP contribution is -2.03. The second kappa shape index (κ2) is 9.86. The molecule has 2 N–H and O–H groups in total. The van der Waals surface area contributed by atoms with Gasteiger partial charge < -0.3 is 10.2 Å². The molecule has 2 aromatic carbocycles. The van der Waals surface area contributed by atoms with Crippen molar-refractivity contribution in [2.24, 2.45) is 0 Å². The first-order valence-electron chi connectivity index (χ1n) is 9.38. The minimum atomic E-state index is 0.131. The van der Waals surface area contributed by atoms with Gasteiger partial charge in [0.05, 0.1) is 0 Å². The van der Waals surface area contributed by atoms with Gasteiger partial charge in [-0.25, -0.2) is 0 Å². The van der Waals surface area contributed by atoms with E-state index < -0.39 is 0 Å². The van der Waals surface area contributed by atoms with Crippen molar-refractivity contribution in [1.29, 1.82) is 0 Å². The Morgan fingerprint density at radius 3 is 2.19 bits per heavy atom. The summed E-state index contributed by atoms with van der Waals surface area (Å²) in [6.45, 7) is 7.37. The molecule has 3 rings (SSSR count). The summed E-state index contributed by atoms with van der Waals surface area (Å²) in [5.41, 5.74) is 4.27. The van der Waals surface area contributed by atoms with Gasteiger partial charge in [-0.3, -0.25) is 0 Å². The van der Waals surface area contributed by atoms with Crippen LogP contribution in [0.3, 0.4) is 0 Å². The van der Waals surface area contributed by atoms with E-state index in [0.29, 0.717) is 5.56 Å². The van der Waals surface area contributed by atoms with Crippen molar-refractivity contribution in [2.45, 2.75) is 51.9 Å². The first-order chi connectivity index (χ1) is 12.5. The van der Waals surface area contributed by atoms with Gasteiger partial charge >= 0.3 is 0 Å². The van der Waals surface area contributed by atoms with Crippen molar-refractivity contribution in [3.8, 4) is 11.5 Å². The monoisotopic (exact) mass is 350 g/mol. The average Bonchev–Trinajstić information content (AvgIpc) is 2.61. The van der Waals surface area contributed by atoms with Gasteiger partial charge in [0.1, 0.15) is 11.5 Å². The zero-order valence-corrected chi connectivity index (χ0v) is 15.9. The molecule has 1 atom stereocenters. The zero-order valence-electron chi connectivity index (χ0n) is 15.9. The van der Waals surface area contributed by atoms with Crippen molar-refractivity contribution in [3.05, 3.63) is 83.5 Å². The predicted octanol–water partition coefficient (Wildman–Crippen LogP) is 6.29. The molecule has 0 saturated carbocycles.